The van der Waals surface area contributed by atoms with Crippen molar-refractivity contribution in [2.75, 3.05) is 184 Å². The molecule has 0 atom stereocenters. The summed E-state index contributed by atoms with van der Waals surface area (Å²) in [5.41, 5.74) is 0. The number of rotatable bonds is 28. The molecular weight excluding hydrogens is 658 g/mol. The van der Waals surface area contributed by atoms with Gasteiger partial charge < -0.3 is 109 Å². The highest BCUT2D eigenvalue weighted by molar-refractivity contribution is 4.43. The van der Waals surface area contributed by atoms with Crippen molar-refractivity contribution in [1.29, 1.82) is 0 Å². The second-order valence-electron chi connectivity index (χ2n) is 8.38. The molecule has 0 aromatic heterocycles. The predicted octanol–water partition coefficient (Wildman–Crippen LogP) is -10.1. The van der Waals surface area contributed by atoms with Crippen LogP contribution in [0, 0.1) is 0 Å². The van der Waals surface area contributed by atoms with Crippen molar-refractivity contribution in [2.24, 2.45) is 0 Å². The summed E-state index contributed by atoms with van der Waals surface area (Å²) in [5.74, 6) is 0. The van der Waals surface area contributed by atoms with E-state index in [2.05, 4.69) is 37.2 Å². The van der Waals surface area contributed by atoms with Crippen LogP contribution in [0.3, 0.4) is 0 Å². The fraction of sp³-hybridized carbons (Fsp3) is 1.00. The largest absolute Gasteiger partial charge is 0.395 e. The Morgan fingerprint density at radius 3 is 0.245 bits per heavy atom. The normalized spacial score (nSPS) is 9.43. The van der Waals surface area contributed by atoms with Crippen LogP contribution in [-0.2, 0) is 0 Å². The summed E-state index contributed by atoms with van der Waals surface area (Å²) >= 11 is 0. The minimum absolute atomic E-state index is 0.139. The van der Waals surface area contributed by atoms with E-state index in [1.54, 1.807) is 0 Å². The molecule has 49 heavy (non-hydrogen) atoms. The van der Waals surface area contributed by atoms with Gasteiger partial charge in [-0.1, -0.05) is 0 Å². The Morgan fingerprint density at radius 1 is 0.143 bits per heavy atom. The lowest BCUT2D eigenvalue weighted by Gasteiger charge is -1.94. The van der Waals surface area contributed by atoms with E-state index in [0.717, 1.165) is 0 Å². The van der Waals surface area contributed by atoms with Gasteiger partial charge in [0, 0.05) is 91.6 Å². The van der Waals surface area contributed by atoms with Crippen molar-refractivity contribution in [2.45, 2.75) is 0 Å². The summed E-state index contributed by atoms with van der Waals surface area (Å²) < 4.78 is 0. The average Bonchev–Trinajstić information content (AvgIpc) is 3.12. The van der Waals surface area contributed by atoms with Crippen molar-refractivity contribution >= 4 is 0 Å². The summed E-state index contributed by atoms with van der Waals surface area (Å²) in [6.45, 7) is 9.92. The summed E-state index contributed by atoms with van der Waals surface area (Å²) in [6, 6.07) is 0. The van der Waals surface area contributed by atoms with Gasteiger partial charge in [-0.15, -0.1) is 0 Å². The van der Waals surface area contributed by atoms with Crippen molar-refractivity contribution in [3.8, 4) is 0 Å². The van der Waals surface area contributed by atoms with Crippen LogP contribution in [0.5, 0.6) is 0 Å². The molecule has 0 rings (SSSR count). The molecule has 0 radical (unpaired) electrons. The molecular formula is C28H77N7O14. The Balaban J connectivity index is -0.0000000840. The van der Waals surface area contributed by atoms with E-state index in [4.69, 9.17) is 71.5 Å². The van der Waals surface area contributed by atoms with E-state index < -0.39 is 0 Å². The van der Waals surface area contributed by atoms with Gasteiger partial charge >= 0.3 is 0 Å². The minimum atomic E-state index is 0.139. The monoisotopic (exact) mass is 736 g/mol. The Bertz CT molecular complexity index is 300. The number of hydrogen-bond donors (Lipinski definition) is 21. The van der Waals surface area contributed by atoms with Gasteiger partial charge in [0.1, 0.15) is 0 Å². The van der Waals surface area contributed by atoms with Crippen LogP contribution >= 0.6 is 0 Å². The molecule has 0 aromatic rings. The van der Waals surface area contributed by atoms with Gasteiger partial charge in [0.05, 0.1) is 92.5 Å². The first-order chi connectivity index (χ1) is 23.9. The van der Waals surface area contributed by atoms with E-state index in [-0.39, 0.29) is 92.5 Å². The number of hydrogen-bond acceptors (Lipinski definition) is 21. The standard InChI is InChI=1S/7C4H11NO2/c7*6-3-1-5-2-4-7/h7*5-7H,1-4H2. The van der Waals surface area contributed by atoms with E-state index in [0.29, 0.717) is 91.6 Å². The molecule has 21 heteroatoms. The molecule has 0 aliphatic rings. The van der Waals surface area contributed by atoms with Gasteiger partial charge in [0.25, 0.3) is 0 Å². The lowest BCUT2D eigenvalue weighted by Crippen LogP contribution is -2.21. The highest BCUT2D eigenvalue weighted by atomic mass is 16.3. The van der Waals surface area contributed by atoms with Crippen molar-refractivity contribution in [3.63, 3.8) is 0 Å². The van der Waals surface area contributed by atoms with E-state index in [1.807, 2.05) is 0 Å². The maximum Gasteiger partial charge on any atom is 0.0555 e. The molecule has 308 valence electrons. The zero-order valence-electron chi connectivity index (χ0n) is 29.6. The number of aliphatic hydroxyl groups is 14. The molecule has 0 saturated carbocycles. The minimum Gasteiger partial charge on any atom is -0.395 e. The van der Waals surface area contributed by atoms with E-state index in [1.165, 1.54) is 0 Å². The maximum absolute atomic E-state index is 8.15. The molecule has 21 N–H and O–H groups in total. The van der Waals surface area contributed by atoms with Crippen LogP contribution in [0.4, 0.5) is 0 Å². The van der Waals surface area contributed by atoms with Crippen LogP contribution in [0.25, 0.3) is 0 Å². The molecule has 0 amide bonds. The second kappa shape index (κ2) is 86.1. The molecule has 0 unspecified atom stereocenters. The zero-order valence-corrected chi connectivity index (χ0v) is 29.6. The summed E-state index contributed by atoms with van der Waals surface area (Å²) in [4.78, 5) is 0. The van der Waals surface area contributed by atoms with Gasteiger partial charge in [-0.25, -0.2) is 0 Å². The van der Waals surface area contributed by atoms with Gasteiger partial charge in [0.15, 0.2) is 0 Å². The molecule has 0 aliphatic carbocycles. The van der Waals surface area contributed by atoms with Gasteiger partial charge in [-0.2, -0.15) is 0 Å². The summed E-state index contributed by atoms with van der Waals surface area (Å²) in [7, 11) is 0. The van der Waals surface area contributed by atoms with Gasteiger partial charge in [-0.05, 0) is 0 Å². The Hall–Kier alpha value is -0.840. The molecule has 0 heterocycles. The number of nitrogens with one attached hydrogen (secondary N) is 7. The zero-order chi connectivity index (χ0) is 38.7. The highest BCUT2D eigenvalue weighted by Crippen LogP contribution is 1.57. The van der Waals surface area contributed by atoms with Crippen LogP contribution < -0.4 is 37.2 Å². The lowest BCUT2D eigenvalue weighted by molar-refractivity contribution is 0.266. The van der Waals surface area contributed by atoms with Crippen LogP contribution in [0.2, 0.25) is 0 Å². The highest BCUT2D eigenvalue weighted by Gasteiger charge is 1.81. The van der Waals surface area contributed by atoms with Crippen LogP contribution in [-0.4, -0.2) is 256 Å². The Kier molecular flexibility index (Phi) is 111. The summed E-state index contributed by atoms with van der Waals surface area (Å²) in [5, 5.41) is 134. The Labute approximate surface area is 293 Å². The fourth-order valence-electron chi connectivity index (χ4n) is 1.98. The molecule has 21 nitrogen and oxygen atoms in total. The van der Waals surface area contributed by atoms with Crippen LogP contribution in [0.15, 0.2) is 0 Å². The molecule has 0 aromatic carbocycles. The molecule has 0 fully saturated rings. The maximum atomic E-state index is 8.15. The molecule has 0 saturated heterocycles. The van der Waals surface area contributed by atoms with E-state index >= 15 is 0 Å². The van der Waals surface area contributed by atoms with Crippen molar-refractivity contribution in [1.82, 2.24) is 37.2 Å². The third-order valence-corrected chi connectivity index (χ3v) is 4.04. The lowest BCUT2D eigenvalue weighted by atomic mass is 10.6. The molecule has 0 bridgehead atoms. The second-order valence-corrected chi connectivity index (χ2v) is 8.38. The summed E-state index contributed by atoms with van der Waals surface area (Å²) in [6.07, 6.45) is 0. The first-order valence-electron chi connectivity index (χ1n) is 16.4. The topological polar surface area (TPSA) is 367 Å². The number of aliphatic hydroxyl groups excluding tert-OH is 14. The Morgan fingerprint density at radius 2 is 0.204 bits per heavy atom. The van der Waals surface area contributed by atoms with Crippen molar-refractivity contribution in [3.05, 3.63) is 0 Å². The quantitative estimate of drug-likeness (QED) is 0.0332. The molecule has 0 spiro atoms. The van der Waals surface area contributed by atoms with E-state index in [9.17, 15) is 0 Å². The molecule has 0 aliphatic heterocycles. The third-order valence-electron chi connectivity index (χ3n) is 4.04. The first kappa shape index (κ1) is 63.2. The van der Waals surface area contributed by atoms with Gasteiger partial charge in [0.2, 0.25) is 0 Å². The van der Waals surface area contributed by atoms with Gasteiger partial charge in [-0.3, -0.25) is 0 Å². The average molecular weight is 736 g/mol. The SMILES string of the molecule is OCCNCCO.OCCNCCO.OCCNCCO.OCCNCCO.OCCNCCO.OCCNCCO.OCCNCCO. The van der Waals surface area contributed by atoms with Crippen molar-refractivity contribution < 1.29 is 71.5 Å². The first-order valence-corrected chi connectivity index (χ1v) is 16.4. The third kappa shape index (κ3) is 130. The predicted molar refractivity (Wildman–Crippen MR) is 189 cm³/mol. The fourth-order valence-corrected chi connectivity index (χ4v) is 1.98. The smallest absolute Gasteiger partial charge is 0.0555 e. The van der Waals surface area contributed by atoms with Crippen LogP contribution in [0.1, 0.15) is 0 Å².